The topological polar surface area (TPSA) is 42.2 Å². The maximum absolute atomic E-state index is 5.74. The molecule has 16 heavy (non-hydrogen) atoms. The quantitative estimate of drug-likeness (QED) is 0.861. The van der Waals surface area contributed by atoms with Gasteiger partial charge in [-0.25, -0.2) is 4.98 Å². The van der Waals surface area contributed by atoms with Gasteiger partial charge in [0.15, 0.2) is 0 Å². The van der Waals surface area contributed by atoms with Crippen molar-refractivity contribution in [2.24, 2.45) is 11.7 Å². The van der Waals surface area contributed by atoms with Gasteiger partial charge in [-0.1, -0.05) is 0 Å². The average Bonchev–Trinajstić information content (AvgIpc) is 2.67. The Morgan fingerprint density at radius 1 is 1.50 bits per heavy atom. The molecule has 0 aromatic carbocycles. The van der Waals surface area contributed by atoms with Gasteiger partial charge >= 0.3 is 0 Å². The summed E-state index contributed by atoms with van der Waals surface area (Å²) < 4.78 is 0. The molecule has 1 unspecified atom stereocenters. The van der Waals surface area contributed by atoms with Crippen molar-refractivity contribution < 1.29 is 0 Å². The van der Waals surface area contributed by atoms with Crippen molar-refractivity contribution in [1.29, 1.82) is 0 Å². The van der Waals surface area contributed by atoms with E-state index in [2.05, 4.69) is 19.0 Å². The van der Waals surface area contributed by atoms with E-state index in [0.717, 1.165) is 32.4 Å². The molecule has 1 aliphatic carbocycles. The molecule has 1 aromatic rings. The van der Waals surface area contributed by atoms with Crippen LogP contribution < -0.4 is 5.73 Å². The highest BCUT2D eigenvalue weighted by Gasteiger charge is 2.21. The minimum Gasteiger partial charge on any atom is -0.330 e. The van der Waals surface area contributed by atoms with Gasteiger partial charge in [-0.15, -0.1) is 11.3 Å². The van der Waals surface area contributed by atoms with Gasteiger partial charge in [0.1, 0.15) is 0 Å². The van der Waals surface area contributed by atoms with E-state index in [4.69, 9.17) is 10.7 Å². The van der Waals surface area contributed by atoms with Crippen LogP contribution in [0.5, 0.6) is 0 Å². The first kappa shape index (κ1) is 12.0. The second kappa shape index (κ2) is 5.25. The Kier molecular flexibility index (Phi) is 3.95. The number of hydrogen-bond donors (Lipinski definition) is 1. The SMILES string of the molecule is CN(C)CCc1nc2c(s1)CC(CN)CC2. The highest BCUT2D eigenvalue weighted by atomic mass is 32.1. The van der Waals surface area contributed by atoms with Crippen LogP contribution in [-0.4, -0.2) is 37.1 Å². The van der Waals surface area contributed by atoms with Crippen molar-refractivity contribution in [1.82, 2.24) is 9.88 Å². The Bertz CT molecular complexity index is 346. The number of nitrogens with zero attached hydrogens (tertiary/aromatic N) is 2. The number of aromatic nitrogens is 1. The number of aryl methyl sites for hydroxylation is 1. The highest BCUT2D eigenvalue weighted by molar-refractivity contribution is 7.11. The van der Waals surface area contributed by atoms with Crippen LogP contribution in [0.25, 0.3) is 0 Å². The van der Waals surface area contributed by atoms with E-state index in [1.807, 2.05) is 11.3 Å². The first-order valence-corrected chi connectivity index (χ1v) is 6.83. The first-order valence-electron chi connectivity index (χ1n) is 6.01. The predicted octanol–water partition coefficient (Wildman–Crippen LogP) is 1.31. The van der Waals surface area contributed by atoms with Crippen molar-refractivity contribution in [3.05, 3.63) is 15.6 Å². The summed E-state index contributed by atoms with van der Waals surface area (Å²) in [5.74, 6) is 0.689. The number of thiazole rings is 1. The molecule has 0 saturated carbocycles. The molecule has 4 heteroatoms. The summed E-state index contributed by atoms with van der Waals surface area (Å²) in [4.78, 5) is 8.45. The third-order valence-corrected chi connectivity index (χ3v) is 4.37. The van der Waals surface area contributed by atoms with E-state index in [9.17, 15) is 0 Å². The summed E-state index contributed by atoms with van der Waals surface area (Å²) in [6, 6.07) is 0. The molecular weight excluding hydrogens is 218 g/mol. The smallest absolute Gasteiger partial charge is 0.0943 e. The van der Waals surface area contributed by atoms with Crippen LogP contribution in [0.15, 0.2) is 0 Å². The number of fused-ring (bicyclic) bond motifs is 1. The molecule has 0 amide bonds. The summed E-state index contributed by atoms with van der Waals surface area (Å²) in [6.07, 6.45) is 4.60. The molecule has 1 heterocycles. The maximum atomic E-state index is 5.74. The van der Waals surface area contributed by atoms with E-state index in [1.165, 1.54) is 22.0 Å². The summed E-state index contributed by atoms with van der Waals surface area (Å²) in [6.45, 7) is 1.91. The van der Waals surface area contributed by atoms with Gasteiger partial charge in [0.2, 0.25) is 0 Å². The van der Waals surface area contributed by atoms with E-state index in [0.29, 0.717) is 5.92 Å². The van der Waals surface area contributed by atoms with E-state index < -0.39 is 0 Å². The zero-order valence-electron chi connectivity index (χ0n) is 10.2. The van der Waals surface area contributed by atoms with Crippen LogP contribution in [0.2, 0.25) is 0 Å². The molecule has 0 radical (unpaired) electrons. The van der Waals surface area contributed by atoms with Crippen LogP contribution in [0.1, 0.15) is 22.0 Å². The lowest BCUT2D eigenvalue weighted by Crippen LogP contribution is -2.21. The van der Waals surface area contributed by atoms with E-state index >= 15 is 0 Å². The van der Waals surface area contributed by atoms with Crippen LogP contribution in [0, 0.1) is 5.92 Å². The summed E-state index contributed by atoms with van der Waals surface area (Å²) in [5.41, 5.74) is 7.09. The Labute approximate surface area is 102 Å². The molecule has 2 N–H and O–H groups in total. The van der Waals surface area contributed by atoms with Crippen LogP contribution in [0.4, 0.5) is 0 Å². The molecule has 0 spiro atoms. The monoisotopic (exact) mass is 239 g/mol. The Balaban J connectivity index is 2.01. The number of hydrogen-bond acceptors (Lipinski definition) is 4. The third-order valence-electron chi connectivity index (χ3n) is 3.19. The molecule has 0 aliphatic heterocycles. The predicted molar refractivity (Wildman–Crippen MR) is 68.9 cm³/mol. The summed E-state index contributed by atoms with van der Waals surface area (Å²) in [7, 11) is 4.22. The zero-order valence-corrected chi connectivity index (χ0v) is 11.0. The van der Waals surface area contributed by atoms with Gasteiger partial charge < -0.3 is 10.6 Å². The average molecular weight is 239 g/mol. The van der Waals surface area contributed by atoms with Crippen molar-refractivity contribution in [2.75, 3.05) is 27.2 Å². The highest BCUT2D eigenvalue weighted by Crippen LogP contribution is 2.29. The summed E-state index contributed by atoms with van der Waals surface area (Å²) >= 11 is 1.90. The number of rotatable bonds is 4. The van der Waals surface area contributed by atoms with Crippen molar-refractivity contribution in [3.8, 4) is 0 Å². The number of likely N-dealkylation sites (N-methyl/N-ethyl adjacent to an activating group) is 1. The molecule has 3 nitrogen and oxygen atoms in total. The molecule has 0 fully saturated rings. The van der Waals surface area contributed by atoms with Crippen molar-refractivity contribution in [2.45, 2.75) is 25.7 Å². The standard InChI is InChI=1S/C12H21N3S/c1-15(2)6-5-12-14-10-4-3-9(8-13)7-11(10)16-12/h9H,3-8,13H2,1-2H3. The largest absolute Gasteiger partial charge is 0.330 e. The molecule has 2 rings (SSSR count). The van der Waals surface area contributed by atoms with Gasteiger partial charge in [0, 0.05) is 17.8 Å². The van der Waals surface area contributed by atoms with Gasteiger partial charge in [0.25, 0.3) is 0 Å². The van der Waals surface area contributed by atoms with Gasteiger partial charge in [0.05, 0.1) is 10.7 Å². The molecule has 1 aliphatic rings. The normalized spacial score (nSPS) is 20.1. The first-order chi connectivity index (χ1) is 7.69. The number of nitrogens with two attached hydrogens (primary N) is 1. The lowest BCUT2D eigenvalue weighted by molar-refractivity contribution is 0.413. The zero-order chi connectivity index (χ0) is 11.5. The molecule has 1 atom stereocenters. The Morgan fingerprint density at radius 2 is 2.31 bits per heavy atom. The molecule has 90 valence electrons. The van der Waals surface area contributed by atoms with Crippen molar-refractivity contribution in [3.63, 3.8) is 0 Å². The molecule has 1 aromatic heterocycles. The minimum atomic E-state index is 0.689. The van der Waals surface area contributed by atoms with Crippen LogP contribution >= 0.6 is 11.3 Å². The van der Waals surface area contributed by atoms with Crippen LogP contribution in [0.3, 0.4) is 0 Å². The minimum absolute atomic E-state index is 0.689. The fourth-order valence-corrected chi connectivity index (χ4v) is 3.34. The van der Waals surface area contributed by atoms with Crippen LogP contribution in [-0.2, 0) is 19.3 Å². The second-order valence-corrected chi connectivity index (χ2v) is 6.04. The lowest BCUT2D eigenvalue weighted by atomic mass is 9.91. The van der Waals surface area contributed by atoms with Gasteiger partial charge in [-0.2, -0.15) is 0 Å². The lowest BCUT2D eigenvalue weighted by Gasteiger charge is -2.18. The van der Waals surface area contributed by atoms with Crippen molar-refractivity contribution >= 4 is 11.3 Å². The third kappa shape index (κ3) is 2.81. The van der Waals surface area contributed by atoms with Gasteiger partial charge in [-0.05, 0) is 45.8 Å². The fourth-order valence-electron chi connectivity index (χ4n) is 2.12. The summed E-state index contributed by atoms with van der Waals surface area (Å²) in [5, 5.41) is 1.30. The van der Waals surface area contributed by atoms with Gasteiger partial charge in [-0.3, -0.25) is 0 Å². The Hall–Kier alpha value is -0.450. The van der Waals surface area contributed by atoms with E-state index in [1.54, 1.807) is 0 Å². The Morgan fingerprint density at radius 3 is 3.00 bits per heavy atom. The molecular formula is C12H21N3S. The molecule has 0 bridgehead atoms. The fraction of sp³-hybridized carbons (Fsp3) is 0.750. The van der Waals surface area contributed by atoms with E-state index in [-0.39, 0.29) is 0 Å². The second-order valence-electron chi connectivity index (χ2n) is 4.88. The maximum Gasteiger partial charge on any atom is 0.0943 e. The molecule has 0 saturated heterocycles.